The molecule has 0 aliphatic heterocycles. The van der Waals surface area contributed by atoms with Crippen LogP contribution in [0.2, 0.25) is 0 Å². The monoisotopic (exact) mass is 522 g/mol. The van der Waals surface area contributed by atoms with Gasteiger partial charge in [0.2, 0.25) is 0 Å². The lowest BCUT2D eigenvalue weighted by molar-refractivity contribution is 0.229. The number of hydrogen-bond donors (Lipinski definition) is 0. The summed E-state index contributed by atoms with van der Waals surface area (Å²) in [6, 6.07) is 10.8. The molecule has 0 spiro atoms. The smallest absolute Gasteiger partial charge is 0.197 e. The molecule has 0 N–H and O–H groups in total. The van der Waals surface area contributed by atoms with Gasteiger partial charge in [0.05, 0.1) is 21.9 Å². The van der Waals surface area contributed by atoms with Crippen molar-refractivity contribution in [1.82, 2.24) is 0 Å². The zero-order chi connectivity index (χ0) is 22.0. The Morgan fingerprint density at radius 1 is 0.800 bits per heavy atom. The molecule has 3 rings (SSSR count). The van der Waals surface area contributed by atoms with Crippen molar-refractivity contribution < 1.29 is 18.6 Å². The van der Waals surface area contributed by atoms with Crippen LogP contribution < -0.4 is 19.6 Å². The largest absolute Gasteiger partial charge is 0.491 e. The minimum atomic E-state index is -0.154. The summed E-state index contributed by atoms with van der Waals surface area (Å²) in [5.74, 6) is 2.36. The number of halogens is 1. The third-order valence-corrected chi connectivity index (χ3v) is 5.13. The minimum absolute atomic E-state index is 0.0220. The van der Waals surface area contributed by atoms with Crippen LogP contribution in [-0.2, 0) is 0 Å². The zero-order valence-corrected chi connectivity index (χ0v) is 20.3. The van der Waals surface area contributed by atoms with E-state index in [1.54, 1.807) is 6.07 Å². The summed E-state index contributed by atoms with van der Waals surface area (Å²) < 4.78 is 24.5. The zero-order valence-electron chi connectivity index (χ0n) is 18.1. The van der Waals surface area contributed by atoms with E-state index in [0.717, 1.165) is 14.9 Å². The lowest BCUT2D eigenvalue weighted by atomic mass is 10.1. The predicted octanol–water partition coefficient (Wildman–Crippen LogP) is 6.43. The van der Waals surface area contributed by atoms with Crippen molar-refractivity contribution in [3.05, 3.63) is 50.2 Å². The first kappa shape index (κ1) is 22.5. The van der Waals surface area contributed by atoms with Crippen LogP contribution in [0.4, 0.5) is 0 Å². The molecule has 0 radical (unpaired) electrons. The van der Waals surface area contributed by atoms with Gasteiger partial charge in [0.15, 0.2) is 11.0 Å². The highest BCUT2D eigenvalue weighted by atomic mass is 127. The molecular weight excluding hydrogens is 495 g/mol. The summed E-state index contributed by atoms with van der Waals surface area (Å²) in [6.07, 6.45) is -0.0196. The Morgan fingerprint density at radius 2 is 1.37 bits per heavy atom. The van der Waals surface area contributed by atoms with Gasteiger partial charge in [0.25, 0.3) is 0 Å². The van der Waals surface area contributed by atoms with Crippen LogP contribution >= 0.6 is 22.6 Å². The Balaban J connectivity index is 2.17. The SMILES string of the molecule is CC(C)Oc1ccc(-c2cc(=O)c3c(OC(C)C)cc(OC(C)C)c(I)c3o2)cc1. The number of benzene rings is 2. The molecule has 0 saturated carbocycles. The molecule has 30 heavy (non-hydrogen) atoms. The topological polar surface area (TPSA) is 57.9 Å². The first-order valence-electron chi connectivity index (χ1n) is 10.1. The van der Waals surface area contributed by atoms with E-state index < -0.39 is 0 Å². The molecule has 0 aliphatic carbocycles. The number of ether oxygens (including phenoxy) is 3. The molecular formula is C24H27IO5. The molecule has 3 aromatic rings. The van der Waals surface area contributed by atoms with Crippen molar-refractivity contribution >= 4 is 33.6 Å². The van der Waals surface area contributed by atoms with Gasteiger partial charge in [-0.15, -0.1) is 0 Å². The molecule has 1 heterocycles. The molecule has 1 aromatic heterocycles. The van der Waals surface area contributed by atoms with Gasteiger partial charge < -0.3 is 18.6 Å². The summed E-state index contributed by atoms with van der Waals surface area (Å²) in [4.78, 5) is 13.1. The van der Waals surface area contributed by atoms with Crippen molar-refractivity contribution in [1.29, 1.82) is 0 Å². The van der Waals surface area contributed by atoms with Gasteiger partial charge in [-0.1, -0.05) is 0 Å². The van der Waals surface area contributed by atoms with Gasteiger partial charge in [-0.25, -0.2) is 0 Å². The minimum Gasteiger partial charge on any atom is -0.491 e. The molecule has 6 heteroatoms. The molecule has 160 valence electrons. The predicted molar refractivity (Wildman–Crippen MR) is 128 cm³/mol. The van der Waals surface area contributed by atoms with Crippen molar-refractivity contribution in [2.75, 3.05) is 0 Å². The third kappa shape index (κ3) is 5.09. The third-order valence-electron chi connectivity index (χ3n) is 4.11. The number of hydrogen-bond acceptors (Lipinski definition) is 5. The molecule has 0 aliphatic rings. The fourth-order valence-corrected chi connectivity index (χ4v) is 3.71. The molecule has 2 aromatic carbocycles. The highest BCUT2D eigenvalue weighted by molar-refractivity contribution is 14.1. The van der Waals surface area contributed by atoms with Gasteiger partial charge in [-0.05, 0) is 88.4 Å². The fourth-order valence-electron chi connectivity index (χ4n) is 3.05. The Bertz CT molecular complexity index is 1080. The first-order valence-corrected chi connectivity index (χ1v) is 11.1. The Hall–Kier alpha value is -2.22. The van der Waals surface area contributed by atoms with E-state index in [1.807, 2.05) is 65.8 Å². The molecule has 5 nitrogen and oxygen atoms in total. The Morgan fingerprint density at radius 3 is 1.93 bits per heavy atom. The normalized spacial score (nSPS) is 11.5. The van der Waals surface area contributed by atoms with Crippen LogP contribution in [0.1, 0.15) is 41.5 Å². The van der Waals surface area contributed by atoms with Crippen molar-refractivity contribution in [2.24, 2.45) is 0 Å². The van der Waals surface area contributed by atoms with Gasteiger partial charge in [-0.2, -0.15) is 0 Å². The Labute approximate surface area is 190 Å². The van der Waals surface area contributed by atoms with E-state index in [9.17, 15) is 4.79 Å². The van der Waals surface area contributed by atoms with Crippen LogP contribution in [0.3, 0.4) is 0 Å². The summed E-state index contributed by atoms with van der Waals surface area (Å²) >= 11 is 2.16. The quantitative estimate of drug-likeness (QED) is 0.335. The average molecular weight is 522 g/mol. The van der Waals surface area contributed by atoms with Crippen molar-refractivity contribution in [3.63, 3.8) is 0 Å². The van der Waals surface area contributed by atoms with E-state index in [2.05, 4.69) is 22.6 Å². The van der Waals surface area contributed by atoms with Crippen LogP contribution in [-0.4, -0.2) is 18.3 Å². The van der Waals surface area contributed by atoms with E-state index in [0.29, 0.717) is 28.2 Å². The Kier molecular flexibility index (Phi) is 6.95. The van der Waals surface area contributed by atoms with E-state index in [-0.39, 0.29) is 23.7 Å². The number of rotatable bonds is 7. The summed E-state index contributed by atoms with van der Waals surface area (Å²) in [7, 11) is 0. The second-order valence-electron chi connectivity index (χ2n) is 7.89. The summed E-state index contributed by atoms with van der Waals surface area (Å²) in [5, 5.41) is 0.424. The van der Waals surface area contributed by atoms with Crippen LogP contribution in [0.25, 0.3) is 22.3 Å². The fraction of sp³-hybridized carbons (Fsp3) is 0.375. The maximum Gasteiger partial charge on any atom is 0.197 e. The second-order valence-corrected chi connectivity index (χ2v) is 8.97. The maximum atomic E-state index is 13.1. The highest BCUT2D eigenvalue weighted by Gasteiger charge is 2.20. The van der Waals surface area contributed by atoms with Crippen LogP contribution in [0.5, 0.6) is 17.2 Å². The number of fused-ring (bicyclic) bond motifs is 1. The van der Waals surface area contributed by atoms with E-state index in [1.165, 1.54) is 6.07 Å². The molecule has 0 bridgehead atoms. The first-order chi connectivity index (χ1) is 14.2. The molecule has 0 saturated heterocycles. The van der Waals surface area contributed by atoms with Gasteiger partial charge in [0, 0.05) is 17.7 Å². The lowest BCUT2D eigenvalue weighted by Gasteiger charge is -2.17. The van der Waals surface area contributed by atoms with Gasteiger partial charge in [-0.3, -0.25) is 4.79 Å². The molecule has 0 fully saturated rings. The molecule has 0 amide bonds. The van der Waals surface area contributed by atoms with Gasteiger partial charge >= 0.3 is 0 Å². The average Bonchev–Trinajstić information content (AvgIpc) is 2.64. The standard InChI is InChI=1S/C24H27IO5/c1-13(2)27-17-9-7-16(8-10-17)19-11-18(26)22-20(28-14(3)4)12-21(29-15(5)6)23(25)24(22)30-19/h7-15H,1-6H3. The van der Waals surface area contributed by atoms with E-state index >= 15 is 0 Å². The van der Waals surface area contributed by atoms with Crippen LogP contribution in [0, 0.1) is 3.57 Å². The van der Waals surface area contributed by atoms with E-state index in [4.69, 9.17) is 18.6 Å². The molecule has 0 unspecified atom stereocenters. The lowest BCUT2D eigenvalue weighted by Crippen LogP contribution is -2.12. The second kappa shape index (κ2) is 9.29. The molecule has 0 atom stereocenters. The van der Waals surface area contributed by atoms with Crippen molar-refractivity contribution in [3.8, 4) is 28.6 Å². The summed E-state index contributed by atoms with van der Waals surface area (Å²) in [6.45, 7) is 11.7. The maximum absolute atomic E-state index is 13.1. The van der Waals surface area contributed by atoms with Gasteiger partial charge in [0.1, 0.15) is 28.4 Å². The highest BCUT2D eigenvalue weighted by Crippen LogP contribution is 2.38. The summed E-state index contributed by atoms with van der Waals surface area (Å²) in [5.41, 5.74) is 1.11. The van der Waals surface area contributed by atoms with Crippen molar-refractivity contribution in [2.45, 2.75) is 59.9 Å². The van der Waals surface area contributed by atoms with Crippen LogP contribution in [0.15, 0.2) is 45.6 Å².